The Morgan fingerprint density at radius 1 is 1.39 bits per heavy atom. The van der Waals surface area contributed by atoms with Crippen molar-refractivity contribution in [2.75, 3.05) is 13.2 Å². The van der Waals surface area contributed by atoms with Crippen LogP contribution in [0.4, 0.5) is 0 Å². The van der Waals surface area contributed by atoms with Gasteiger partial charge in [-0.3, -0.25) is 4.79 Å². The normalized spacial score (nSPS) is 10.7. The summed E-state index contributed by atoms with van der Waals surface area (Å²) in [7, 11) is 0. The van der Waals surface area contributed by atoms with Crippen LogP contribution in [-0.4, -0.2) is 35.4 Å². The Labute approximate surface area is 112 Å². The van der Waals surface area contributed by atoms with Crippen LogP contribution < -0.4 is 5.32 Å². The summed E-state index contributed by atoms with van der Waals surface area (Å²) < 4.78 is 0. The van der Waals surface area contributed by atoms with E-state index in [-0.39, 0.29) is 19.1 Å². The van der Waals surface area contributed by atoms with Gasteiger partial charge in [0.1, 0.15) is 0 Å². The van der Waals surface area contributed by atoms with Gasteiger partial charge in [0.05, 0.1) is 19.3 Å². The van der Waals surface area contributed by atoms with Crippen LogP contribution in [0.25, 0.3) is 0 Å². The first-order valence-electron chi connectivity index (χ1n) is 5.83. The van der Waals surface area contributed by atoms with E-state index in [1.165, 1.54) is 0 Å². The van der Waals surface area contributed by atoms with Crippen LogP contribution in [0.3, 0.4) is 0 Å². The van der Waals surface area contributed by atoms with E-state index >= 15 is 0 Å². The minimum atomic E-state index is -0.584. The smallest absolute Gasteiger partial charge is 0.220 e. The molecule has 0 saturated heterocycles. The molecule has 0 spiro atoms. The summed E-state index contributed by atoms with van der Waals surface area (Å²) in [6, 6.07) is 5.11. The zero-order valence-corrected chi connectivity index (χ0v) is 11.1. The number of aliphatic hydroxyl groups excluding tert-OH is 2. The second kappa shape index (κ2) is 7.36. The maximum absolute atomic E-state index is 11.5. The highest BCUT2D eigenvalue weighted by atomic mass is 35.5. The Morgan fingerprint density at radius 3 is 2.61 bits per heavy atom. The van der Waals surface area contributed by atoms with Crippen molar-refractivity contribution in [3.05, 3.63) is 34.3 Å². The van der Waals surface area contributed by atoms with Crippen LogP contribution in [0.5, 0.6) is 0 Å². The molecule has 0 aliphatic carbocycles. The third-order valence-corrected chi connectivity index (χ3v) is 3.09. The van der Waals surface area contributed by atoms with Gasteiger partial charge in [-0.25, -0.2) is 0 Å². The molecule has 1 aromatic carbocycles. The van der Waals surface area contributed by atoms with Crippen molar-refractivity contribution >= 4 is 17.5 Å². The van der Waals surface area contributed by atoms with Crippen molar-refractivity contribution in [2.24, 2.45) is 0 Å². The number of hydrogen-bond donors (Lipinski definition) is 3. The quantitative estimate of drug-likeness (QED) is 0.724. The lowest BCUT2D eigenvalue weighted by Crippen LogP contribution is -2.40. The third kappa shape index (κ3) is 4.64. The number of benzene rings is 1. The van der Waals surface area contributed by atoms with Gasteiger partial charge in [0.15, 0.2) is 0 Å². The molecule has 3 N–H and O–H groups in total. The SMILES string of the molecule is Cc1ccc(CCC(=O)NC(CO)CO)cc1Cl. The summed E-state index contributed by atoms with van der Waals surface area (Å²) in [5.41, 5.74) is 2.00. The molecule has 0 aliphatic heterocycles. The van der Waals surface area contributed by atoms with Crippen LogP contribution in [0.2, 0.25) is 5.02 Å². The zero-order chi connectivity index (χ0) is 13.5. The van der Waals surface area contributed by atoms with Crippen molar-refractivity contribution in [3.63, 3.8) is 0 Å². The molecular formula is C13H18ClNO3. The highest BCUT2D eigenvalue weighted by molar-refractivity contribution is 6.31. The van der Waals surface area contributed by atoms with Crippen molar-refractivity contribution in [1.29, 1.82) is 0 Å². The number of rotatable bonds is 6. The van der Waals surface area contributed by atoms with Gasteiger partial charge in [0.25, 0.3) is 0 Å². The van der Waals surface area contributed by atoms with Gasteiger partial charge in [-0.2, -0.15) is 0 Å². The summed E-state index contributed by atoms with van der Waals surface area (Å²) >= 11 is 5.99. The lowest BCUT2D eigenvalue weighted by molar-refractivity contribution is -0.122. The third-order valence-electron chi connectivity index (χ3n) is 2.68. The number of hydrogen-bond acceptors (Lipinski definition) is 3. The largest absolute Gasteiger partial charge is 0.394 e. The molecule has 4 nitrogen and oxygen atoms in total. The number of aryl methyl sites for hydroxylation is 2. The van der Waals surface area contributed by atoms with E-state index in [0.29, 0.717) is 17.9 Å². The Bertz CT molecular complexity index is 405. The van der Waals surface area contributed by atoms with E-state index < -0.39 is 6.04 Å². The molecule has 1 aromatic rings. The van der Waals surface area contributed by atoms with E-state index in [4.69, 9.17) is 21.8 Å². The van der Waals surface area contributed by atoms with E-state index in [9.17, 15) is 4.79 Å². The maximum Gasteiger partial charge on any atom is 0.220 e. The molecule has 0 radical (unpaired) electrons. The number of nitrogens with one attached hydrogen (secondary N) is 1. The summed E-state index contributed by atoms with van der Waals surface area (Å²) in [4.78, 5) is 11.5. The van der Waals surface area contributed by atoms with E-state index in [0.717, 1.165) is 11.1 Å². The molecule has 1 rings (SSSR count). The lowest BCUT2D eigenvalue weighted by atomic mass is 10.1. The highest BCUT2D eigenvalue weighted by Gasteiger charge is 2.10. The van der Waals surface area contributed by atoms with E-state index in [1.54, 1.807) is 0 Å². The molecule has 0 heterocycles. The number of carbonyl (C=O) groups excluding carboxylic acids is 1. The minimum Gasteiger partial charge on any atom is -0.394 e. The van der Waals surface area contributed by atoms with Gasteiger partial charge >= 0.3 is 0 Å². The molecule has 0 aliphatic rings. The van der Waals surface area contributed by atoms with Gasteiger partial charge in [-0.1, -0.05) is 23.7 Å². The Kier molecular flexibility index (Phi) is 6.12. The zero-order valence-electron chi connectivity index (χ0n) is 10.3. The monoisotopic (exact) mass is 271 g/mol. The number of halogens is 1. The van der Waals surface area contributed by atoms with Crippen molar-refractivity contribution < 1.29 is 15.0 Å². The van der Waals surface area contributed by atoms with Crippen LogP contribution in [0, 0.1) is 6.92 Å². The average Bonchev–Trinajstić information content (AvgIpc) is 2.37. The van der Waals surface area contributed by atoms with E-state index in [1.807, 2.05) is 25.1 Å². The summed E-state index contributed by atoms with van der Waals surface area (Å²) in [6.07, 6.45) is 0.880. The van der Waals surface area contributed by atoms with Crippen molar-refractivity contribution in [1.82, 2.24) is 5.32 Å². The molecule has 0 saturated carbocycles. The van der Waals surface area contributed by atoms with Crippen molar-refractivity contribution in [3.8, 4) is 0 Å². The van der Waals surface area contributed by atoms with Gasteiger partial charge in [-0.05, 0) is 30.5 Å². The van der Waals surface area contributed by atoms with Crippen LogP contribution in [0.15, 0.2) is 18.2 Å². The van der Waals surface area contributed by atoms with Gasteiger partial charge in [0, 0.05) is 11.4 Å². The van der Waals surface area contributed by atoms with Gasteiger partial charge in [0.2, 0.25) is 5.91 Å². The fourth-order valence-corrected chi connectivity index (χ4v) is 1.70. The molecule has 0 unspecified atom stereocenters. The molecule has 1 amide bonds. The lowest BCUT2D eigenvalue weighted by Gasteiger charge is -2.13. The topological polar surface area (TPSA) is 69.6 Å². The first kappa shape index (κ1) is 15.0. The molecular weight excluding hydrogens is 254 g/mol. The Balaban J connectivity index is 2.44. The predicted molar refractivity (Wildman–Crippen MR) is 70.6 cm³/mol. The Morgan fingerprint density at radius 2 is 2.06 bits per heavy atom. The first-order chi connectivity index (χ1) is 8.56. The second-order valence-electron chi connectivity index (χ2n) is 4.21. The first-order valence-corrected chi connectivity index (χ1v) is 6.20. The summed E-state index contributed by atoms with van der Waals surface area (Å²) in [5.74, 6) is -0.195. The maximum atomic E-state index is 11.5. The molecule has 0 bridgehead atoms. The predicted octanol–water partition coefficient (Wildman–Crippen LogP) is 1.05. The summed E-state index contributed by atoms with van der Waals surface area (Å²) in [5, 5.41) is 20.9. The minimum absolute atomic E-state index is 0.195. The van der Waals surface area contributed by atoms with Crippen LogP contribution >= 0.6 is 11.6 Å². The molecule has 5 heteroatoms. The Hall–Kier alpha value is -1.10. The standard InChI is InChI=1S/C13H18ClNO3/c1-9-2-3-10(6-12(9)14)4-5-13(18)15-11(7-16)8-17/h2-3,6,11,16-17H,4-5,7-8H2,1H3,(H,15,18). The number of carbonyl (C=O) groups is 1. The summed E-state index contributed by atoms with van der Waals surface area (Å²) in [6.45, 7) is 1.39. The van der Waals surface area contributed by atoms with Gasteiger partial charge < -0.3 is 15.5 Å². The molecule has 0 aromatic heterocycles. The molecule has 0 atom stereocenters. The van der Waals surface area contributed by atoms with Crippen LogP contribution in [-0.2, 0) is 11.2 Å². The van der Waals surface area contributed by atoms with Gasteiger partial charge in [-0.15, -0.1) is 0 Å². The molecule has 100 valence electrons. The fourth-order valence-electron chi connectivity index (χ4n) is 1.50. The number of aliphatic hydroxyl groups is 2. The number of amides is 1. The molecule has 0 fully saturated rings. The van der Waals surface area contributed by atoms with Crippen LogP contribution in [0.1, 0.15) is 17.5 Å². The fraction of sp³-hybridized carbons (Fsp3) is 0.462. The average molecular weight is 272 g/mol. The highest BCUT2D eigenvalue weighted by Crippen LogP contribution is 2.17. The van der Waals surface area contributed by atoms with E-state index in [2.05, 4.69) is 5.32 Å². The van der Waals surface area contributed by atoms with Crippen molar-refractivity contribution in [2.45, 2.75) is 25.8 Å². The molecule has 18 heavy (non-hydrogen) atoms. The second-order valence-corrected chi connectivity index (χ2v) is 4.62.